The third-order valence-corrected chi connectivity index (χ3v) is 5.21. The van der Waals surface area contributed by atoms with Crippen LogP contribution in [0.2, 0.25) is 10.0 Å². The van der Waals surface area contributed by atoms with E-state index in [0.29, 0.717) is 6.54 Å². The van der Waals surface area contributed by atoms with Gasteiger partial charge >= 0.3 is 0 Å². The lowest BCUT2D eigenvalue weighted by atomic mass is 10.2. The van der Waals surface area contributed by atoms with Crippen LogP contribution in [0.15, 0.2) is 23.1 Å². The second kappa shape index (κ2) is 8.10. The summed E-state index contributed by atoms with van der Waals surface area (Å²) >= 11 is 11.7. The topological polar surface area (TPSA) is 46.2 Å². The summed E-state index contributed by atoms with van der Waals surface area (Å²) in [6, 6.07) is 4.59. The molecule has 6 heteroatoms. The van der Waals surface area contributed by atoms with Gasteiger partial charge in [-0.05, 0) is 18.6 Å². The predicted octanol–water partition coefficient (Wildman–Crippen LogP) is 4.24. The van der Waals surface area contributed by atoms with Crippen LogP contribution in [-0.4, -0.2) is 15.0 Å². The molecule has 108 valence electrons. The summed E-state index contributed by atoms with van der Waals surface area (Å²) in [4.78, 5) is 0.0372. The first-order valence-corrected chi connectivity index (χ1v) is 8.66. The molecule has 1 aromatic carbocycles. The monoisotopic (exact) mass is 323 g/mol. The van der Waals surface area contributed by atoms with Crippen molar-refractivity contribution in [1.82, 2.24) is 4.72 Å². The number of sulfonamides is 1. The van der Waals surface area contributed by atoms with E-state index >= 15 is 0 Å². The lowest BCUT2D eigenvalue weighted by molar-refractivity contribution is 0.571. The van der Waals surface area contributed by atoms with Gasteiger partial charge in [0.2, 0.25) is 10.0 Å². The molecule has 1 rings (SSSR count). The van der Waals surface area contributed by atoms with Gasteiger partial charge in [-0.15, -0.1) is 0 Å². The van der Waals surface area contributed by atoms with Crippen molar-refractivity contribution in [2.24, 2.45) is 0 Å². The number of hydrogen-bond donors (Lipinski definition) is 1. The minimum Gasteiger partial charge on any atom is -0.211 e. The molecule has 0 atom stereocenters. The molecule has 0 aliphatic rings. The van der Waals surface area contributed by atoms with Crippen LogP contribution in [0.5, 0.6) is 0 Å². The predicted molar refractivity (Wildman–Crippen MR) is 80.4 cm³/mol. The van der Waals surface area contributed by atoms with E-state index in [2.05, 4.69) is 11.6 Å². The SMILES string of the molecule is CCCCCCCNS(=O)(=O)c1cccc(Cl)c1Cl. The van der Waals surface area contributed by atoms with Crippen molar-refractivity contribution in [3.63, 3.8) is 0 Å². The highest BCUT2D eigenvalue weighted by Gasteiger charge is 2.18. The molecule has 1 aromatic rings. The molecule has 0 saturated heterocycles. The van der Waals surface area contributed by atoms with Crippen molar-refractivity contribution in [3.05, 3.63) is 28.2 Å². The Kier molecular flexibility index (Phi) is 7.15. The number of hydrogen-bond acceptors (Lipinski definition) is 2. The van der Waals surface area contributed by atoms with Crippen molar-refractivity contribution >= 4 is 33.2 Å². The number of halogens is 2. The van der Waals surface area contributed by atoms with Crippen molar-refractivity contribution in [1.29, 1.82) is 0 Å². The molecular weight excluding hydrogens is 305 g/mol. The molecule has 0 bridgehead atoms. The molecule has 0 saturated carbocycles. The largest absolute Gasteiger partial charge is 0.242 e. The molecule has 0 heterocycles. The number of nitrogens with one attached hydrogen (secondary N) is 1. The molecule has 0 fully saturated rings. The van der Waals surface area contributed by atoms with E-state index in [1.807, 2.05) is 0 Å². The highest BCUT2D eigenvalue weighted by atomic mass is 35.5. The quantitative estimate of drug-likeness (QED) is 0.727. The summed E-state index contributed by atoms with van der Waals surface area (Å²) in [7, 11) is -3.57. The number of rotatable bonds is 8. The van der Waals surface area contributed by atoms with E-state index in [4.69, 9.17) is 23.2 Å². The normalized spacial score (nSPS) is 11.7. The van der Waals surface area contributed by atoms with E-state index in [-0.39, 0.29) is 14.9 Å². The Morgan fingerprint density at radius 2 is 1.79 bits per heavy atom. The molecular formula is C13H19Cl2NO2S. The molecule has 0 aromatic heterocycles. The third-order valence-electron chi connectivity index (χ3n) is 2.78. The second-order valence-electron chi connectivity index (χ2n) is 4.36. The van der Waals surface area contributed by atoms with E-state index in [0.717, 1.165) is 19.3 Å². The average molecular weight is 324 g/mol. The van der Waals surface area contributed by atoms with E-state index in [1.54, 1.807) is 12.1 Å². The van der Waals surface area contributed by atoms with Crippen molar-refractivity contribution in [2.45, 2.75) is 43.9 Å². The van der Waals surface area contributed by atoms with E-state index in [9.17, 15) is 8.42 Å². The van der Waals surface area contributed by atoms with Crippen LogP contribution in [-0.2, 0) is 10.0 Å². The maximum absolute atomic E-state index is 12.0. The van der Waals surface area contributed by atoms with Crippen molar-refractivity contribution in [2.75, 3.05) is 6.54 Å². The van der Waals surface area contributed by atoms with Crippen LogP contribution in [0.1, 0.15) is 39.0 Å². The summed E-state index contributed by atoms with van der Waals surface area (Å²) in [6.07, 6.45) is 5.35. The molecule has 0 amide bonds. The molecule has 0 unspecified atom stereocenters. The maximum Gasteiger partial charge on any atom is 0.242 e. The van der Waals surface area contributed by atoms with Gasteiger partial charge in [0.05, 0.1) is 10.0 Å². The molecule has 0 aliphatic heterocycles. The first kappa shape index (κ1) is 16.8. The Morgan fingerprint density at radius 3 is 2.47 bits per heavy atom. The van der Waals surface area contributed by atoms with Crippen LogP contribution in [0, 0.1) is 0 Å². The minimum absolute atomic E-state index is 0.0372. The van der Waals surface area contributed by atoms with Gasteiger partial charge in [0, 0.05) is 6.54 Å². The molecule has 0 aliphatic carbocycles. The Balaban J connectivity index is 2.54. The second-order valence-corrected chi connectivity index (χ2v) is 6.88. The fourth-order valence-electron chi connectivity index (χ4n) is 1.70. The van der Waals surface area contributed by atoms with Crippen LogP contribution >= 0.6 is 23.2 Å². The van der Waals surface area contributed by atoms with Crippen LogP contribution in [0.25, 0.3) is 0 Å². The molecule has 3 nitrogen and oxygen atoms in total. The highest BCUT2D eigenvalue weighted by Crippen LogP contribution is 2.28. The van der Waals surface area contributed by atoms with Gasteiger partial charge in [-0.25, -0.2) is 13.1 Å². The summed E-state index contributed by atoms with van der Waals surface area (Å²) in [5.74, 6) is 0. The first-order valence-electron chi connectivity index (χ1n) is 6.42. The fraction of sp³-hybridized carbons (Fsp3) is 0.538. The minimum atomic E-state index is -3.57. The Bertz CT molecular complexity index is 503. The number of benzene rings is 1. The van der Waals surface area contributed by atoms with Crippen molar-refractivity contribution in [3.8, 4) is 0 Å². The van der Waals surface area contributed by atoms with E-state index < -0.39 is 10.0 Å². The van der Waals surface area contributed by atoms with Gasteiger partial charge in [0.15, 0.2) is 0 Å². The fourth-order valence-corrected chi connectivity index (χ4v) is 3.54. The van der Waals surface area contributed by atoms with Crippen LogP contribution in [0.3, 0.4) is 0 Å². The van der Waals surface area contributed by atoms with Gasteiger partial charge in [-0.3, -0.25) is 0 Å². The number of unbranched alkanes of at least 4 members (excludes halogenated alkanes) is 4. The van der Waals surface area contributed by atoms with Gasteiger partial charge in [0.25, 0.3) is 0 Å². The summed E-state index contributed by atoms with van der Waals surface area (Å²) in [5, 5.41) is 0.315. The highest BCUT2D eigenvalue weighted by molar-refractivity contribution is 7.89. The lowest BCUT2D eigenvalue weighted by Gasteiger charge is -2.09. The zero-order chi connectivity index (χ0) is 14.3. The Morgan fingerprint density at radius 1 is 1.11 bits per heavy atom. The summed E-state index contributed by atoms with van der Waals surface area (Å²) in [6.45, 7) is 2.57. The summed E-state index contributed by atoms with van der Waals surface area (Å²) < 4.78 is 26.6. The van der Waals surface area contributed by atoms with Crippen LogP contribution in [0.4, 0.5) is 0 Å². The zero-order valence-electron chi connectivity index (χ0n) is 11.0. The maximum atomic E-state index is 12.0. The Labute approximate surface area is 125 Å². The third kappa shape index (κ3) is 5.30. The van der Waals surface area contributed by atoms with Crippen LogP contribution < -0.4 is 4.72 Å². The van der Waals surface area contributed by atoms with Gasteiger partial charge in [0.1, 0.15) is 4.90 Å². The first-order chi connectivity index (χ1) is 8.99. The molecule has 19 heavy (non-hydrogen) atoms. The Hall–Kier alpha value is -0.290. The molecule has 1 N–H and O–H groups in total. The van der Waals surface area contributed by atoms with Gasteiger partial charge < -0.3 is 0 Å². The zero-order valence-corrected chi connectivity index (χ0v) is 13.3. The van der Waals surface area contributed by atoms with Crippen molar-refractivity contribution < 1.29 is 8.42 Å². The smallest absolute Gasteiger partial charge is 0.211 e. The van der Waals surface area contributed by atoms with Gasteiger partial charge in [-0.2, -0.15) is 0 Å². The average Bonchev–Trinajstić information content (AvgIpc) is 2.36. The summed E-state index contributed by atoms with van der Waals surface area (Å²) in [5.41, 5.74) is 0. The molecule has 0 spiro atoms. The van der Waals surface area contributed by atoms with Gasteiger partial charge in [-0.1, -0.05) is 61.9 Å². The standard InChI is InChI=1S/C13H19Cl2NO2S/c1-2-3-4-5-6-10-16-19(17,18)12-9-7-8-11(14)13(12)15/h7-9,16H,2-6,10H2,1H3. The molecule has 0 radical (unpaired) electrons. The van der Waals surface area contributed by atoms with E-state index in [1.165, 1.54) is 18.9 Å². The lowest BCUT2D eigenvalue weighted by Crippen LogP contribution is -2.25.